The monoisotopic (exact) mass is 293 g/mol. The van der Waals surface area contributed by atoms with E-state index in [0.29, 0.717) is 5.56 Å². The van der Waals surface area contributed by atoms with Crippen molar-refractivity contribution in [3.8, 4) is 0 Å². The van der Waals surface area contributed by atoms with Gasteiger partial charge in [0, 0.05) is 12.6 Å². The van der Waals surface area contributed by atoms with Crippen molar-refractivity contribution in [1.82, 2.24) is 4.90 Å². The SMILES string of the molecule is CC(c1ccccc1F)N(C)C(=O)C1C(C(=O)O)C1(C)C. The maximum absolute atomic E-state index is 13.8. The summed E-state index contributed by atoms with van der Waals surface area (Å²) in [6.45, 7) is 5.29. The van der Waals surface area contributed by atoms with Crippen LogP contribution in [0, 0.1) is 23.1 Å². The zero-order chi connectivity index (χ0) is 15.9. The molecule has 1 aliphatic carbocycles. The van der Waals surface area contributed by atoms with Gasteiger partial charge in [-0.2, -0.15) is 0 Å². The highest BCUT2D eigenvalue weighted by Gasteiger charge is 2.66. The smallest absolute Gasteiger partial charge is 0.307 e. The Balaban J connectivity index is 2.18. The highest BCUT2D eigenvalue weighted by molar-refractivity contribution is 5.91. The molecule has 3 unspecified atom stereocenters. The Bertz CT molecular complexity index is 585. The summed E-state index contributed by atoms with van der Waals surface area (Å²) in [6, 6.07) is 5.86. The molecule has 4 nitrogen and oxygen atoms in total. The lowest BCUT2D eigenvalue weighted by Crippen LogP contribution is -2.33. The summed E-state index contributed by atoms with van der Waals surface area (Å²) in [5.41, 5.74) is -0.120. The molecule has 0 aromatic heterocycles. The Kier molecular flexibility index (Phi) is 3.78. The summed E-state index contributed by atoms with van der Waals surface area (Å²) in [5, 5.41) is 9.16. The largest absolute Gasteiger partial charge is 0.481 e. The van der Waals surface area contributed by atoms with Crippen molar-refractivity contribution in [1.29, 1.82) is 0 Å². The van der Waals surface area contributed by atoms with Crippen molar-refractivity contribution in [3.63, 3.8) is 0 Å². The van der Waals surface area contributed by atoms with E-state index in [9.17, 15) is 14.0 Å². The quantitative estimate of drug-likeness (QED) is 0.928. The van der Waals surface area contributed by atoms with Gasteiger partial charge in [0.05, 0.1) is 17.9 Å². The lowest BCUT2D eigenvalue weighted by atomic mass is 10.0. The molecule has 2 rings (SSSR count). The molecule has 1 saturated carbocycles. The average molecular weight is 293 g/mol. The Morgan fingerprint density at radius 3 is 2.33 bits per heavy atom. The number of amides is 1. The minimum Gasteiger partial charge on any atom is -0.481 e. The topological polar surface area (TPSA) is 57.6 Å². The molecule has 21 heavy (non-hydrogen) atoms. The van der Waals surface area contributed by atoms with Crippen LogP contribution in [0.25, 0.3) is 0 Å². The fraction of sp³-hybridized carbons (Fsp3) is 0.500. The second-order valence-electron chi connectivity index (χ2n) is 6.26. The van der Waals surface area contributed by atoms with Gasteiger partial charge in [0.15, 0.2) is 0 Å². The normalized spacial score (nSPS) is 24.2. The Labute approximate surface area is 123 Å². The van der Waals surface area contributed by atoms with Gasteiger partial charge in [-0.05, 0) is 18.4 Å². The van der Waals surface area contributed by atoms with Gasteiger partial charge in [-0.25, -0.2) is 4.39 Å². The maximum Gasteiger partial charge on any atom is 0.307 e. The van der Waals surface area contributed by atoms with Gasteiger partial charge in [-0.15, -0.1) is 0 Å². The summed E-state index contributed by atoms with van der Waals surface area (Å²) >= 11 is 0. The molecule has 114 valence electrons. The molecule has 1 N–H and O–H groups in total. The second kappa shape index (κ2) is 5.13. The van der Waals surface area contributed by atoms with Crippen LogP contribution in [0.4, 0.5) is 4.39 Å². The van der Waals surface area contributed by atoms with Crippen LogP contribution >= 0.6 is 0 Å². The molecular formula is C16H20FNO3. The van der Waals surface area contributed by atoms with Crippen molar-refractivity contribution in [3.05, 3.63) is 35.6 Å². The molecule has 0 aliphatic heterocycles. The van der Waals surface area contributed by atoms with E-state index >= 15 is 0 Å². The number of rotatable bonds is 4. The molecule has 1 aromatic carbocycles. The minimum absolute atomic E-state index is 0.247. The Morgan fingerprint density at radius 1 is 1.29 bits per heavy atom. The standard InChI is InChI=1S/C16H20FNO3/c1-9(10-7-5-6-8-11(10)17)18(4)14(19)12-13(15(20)21)16(12,2)3/h5-9,12-13H,1-4H3,(H,20,21). The molecule has 5 heteroatoms. The van der Waals surface area contributed by atoms with E-state index in [2.05, 4.69) is 0 Å². The predicted molar refractivity (Wildman–Crippen MR) is 76.0 cm³/mol. The summed E-state index contributed by atoms with van der Waals surface area (Å²) < 4.78 is 13.8. The predicted octanol–water partition coefficient (Wildman–Crippen LogP) is 2.70. The van der Waals surface area contributed by atoms with Crippen molar-refractivity contribution in [2.45, 2.75) is 26.8 Å². The first-order valence-corrected chi connectivity index (χ1v) is 6.93. The van der Waals surface area contributed by atoms with Gasteiger partial charge in [0.25, 0.3) is 0 Å². The van der Waals surface area contributed by atoms with E-state index < -0.39 is 29.3 Å². The van der Waals surface area contributed by atoms with Crippen LogP contribution in [0.3, 0.4) is 0 Å². The number of carbonyl (C=O) groups excluding carboxylic acids is 1. The summed E-state index contributed by atoms with van der Waals surface area (Å²) in [4.78, 5) is 25.1. The first-order valence-electron chi connectivity index (χ1n) is 6.93. The summed E-state index contributed by atoms with van der Waals surface area (Å²) in [6.07, 6.45) is 0. The number of carbonyl (C=O) groups is 2. The van der Waals surface area contributed by atoms with Gasteiger partial charge >= 0.3 is 5.97 Å². The highest BCUT2D eigenvalue weighted by Crippen LogP contribution is 2.59. The van der Waals surface area contributed by atoms with Crippen LogP contribution in [-0.4, -0.2) is 28.9 Å². The van der Waals surface area contributed by atoms with E-state index in [1.165, 1.54) is 11.0 Å². The number of aliphatic carboxylic acids is 1. The van der Waals surface area contributed by atoms with Crippen LogP contribution in [0.5, 0.6) is 0 Å². The van der Waals surface area contributed by atoms with E-state index in [1.54, 1.807) is 46.0 Å². The number of nitrogens with zero attached hydrogens (tertiary/aromatic N) is 1. The zero-order valence-corrected chi connectivity index (χ0v) is 12.6. The van der Waals surface area contributed by atoms with Crippen molar-refractivity contribution in [2.75, 3.05) is 7.05 Å². The van der Waals surface area contributed by atoms with Crippen molar-refractivity contribution in [2.24, 2.45) is 17.3 Å². The van der Waals surface area contributed by atoms with Gasteiger partial charge in [0.1, 0.15) is 5.82 Å². The maximum atomic E-state index is 13.8. The molecule has 1 aromatic rings. The van der Waals surface area contributed by atoms with E-state index in [4.69, 9.17) is 5.11 Å². The molecule has 1 fully saturated rings. The third kappa shape index (κ3) is 2.52. The molecule has 3 atom stereocenters. The number of carboxylic acids is 1. The second-order valence-corrected chi connectivity index (χ2v) is 6.26. The number of benzene rings is 1. The van der Waals surface area contributed by atoms with E-state index in [0.717, 1.165) is 0 Å². The van der Waals surface area contributed by atoms with Crippen LogP contribution in [0.15, 0.2) is 24.3 Å². The molecule has 0 bridgehead atoms. The Morgan fingerprint density at radius 2 is 1.86 bits per heavy atom. The third-order valence-corrected chi connectivity index (χ3v) is 4.64. The van der Waals surface area contributed by atoms with Gasteiger partial charge in [-0.3, -0.25) is 9.59 Å². The lowest BCUT2D eigenvalue weighted by molar-refractivity contribution is -0.142. The minimum atomic E-state index is -0.953. The molecule has 0 radical (unpaired) electrons. The third-order valence-electron chi connectivity index (χ3n) is 4.64. The lowest BCUT2D eigenvalue weighted by Gasteiger charge is -2.26. The molecular weight excluding hydrogens is 273 g/mol. The Hall–Kier alpha value is -1.91. The van der Waals surface area contributed by atoms with Crippen molar-refractivity contribution < 1.29 is 19.1 Å². The summed E-state index contributed by atoms with van der Waals surface area (Å²) in [5.74, 6) is -2.78. The average Bonchev–Trinajstić information content (AvgIpc) is 3.00. The first-order chi connectivity index (χ1) is 9.69. The van der Waals surface area contributed by atoms with Crippen LogP contribution in [0.2, 0.25) is 0 Å². The van der Waals surface area contributed by atoms with Crippen LogP contribution in [-0.2, 0) is 9.59 Å². The van der Waals surface area contributed by atoms with Crippen LogP contribution < -0.4 is 0 Å². The number of halogens is 1. The van der Waals surface area contributed by atoms with Crippen LogP contribution in [0.1, 0.15) is 32.4 Å². The summed E-state index contributed by atoms with van der Waals surface area (Å²) in [7, 11) is 1.59. The van der Waals surface area contributed by atoms with Gasteiger partial charge < -0.3 is 10.0 Å². The zero-order valence-electron chi connectivity index (χ0n) is 12.6. The van der Waals surface area contributed by atoms with Gasteiger partial charge in [0.2, 0.25) is 5.91 Å². The molecule has 1 amide bonds. The fourth-order valence-corrected chi connectivity index (χ4v) is 2.99. The van der Waals surface area contributed by atoms with E-state index in [-0.39, 0.29) is 11.7 Å². The number of carboxylic acid groups (broad SMARTS) is 1. The van der Waals surface area contributed by atoms with Gasteiger partial charge in [-0.1, -0.05) is 32.0 Å². The molecule has 0 saturated heterocycles. The molecule has 0 spiro atoms. The fourth-order valence-electron chi connectivity index (χ4n) is 2.99. The molecule has 1 aliphatic rings. The van der Waals surface area contributed by atoms with E-state index in [1.807, 2.05) is 0 Å². The first kappa shape index (κ1) is 15.5. The highest BCUT2D eigenvalue weighted by atomic mass is 19.1. The number of hydrogen-bond acceptors (Lipinski definition) is 2. The number of hydrogen-bond donors (Lipinski definition) is 1. The van der Waals surface area contributed by atoms with Crippen molar-refractivity contribution >= 4 is 11.9 Å². The molecule has 0 heterocycles.